The summed E-state index contributed by atoms with van der Waals surface area (Å²) in [5.41, 5.74) is -0.209. The number of amides is 1. The highest BCUT2D eigenvalue weighted by Gasteiger charge is 2.42. The van der Waals surface area contributed by atoms with Gasteiger partial charge in [-0.1, -0.05) is 12.1 Å². The van der Waals surface area contributed by atoms with Crippen LogP contribution in [0.2, 0.25) is 0 Å². The van der Waals surface area contributed by atoms with E-state index in [1.165, 1.54) is 18.4 Å². The zero-order valence-corrected chi connectivity index (χ0v) is 13.2. The van der Waals surface area contributed by atoms with Crippen LogP contribution in [-0.2, 0) is 14.9 Å². The summed E-state index contributed by atoms with van der Waals surface area (Å²) in [6.45, 7) is 0.902. The van der Waals surface area contributed by atoms with Crippen molar-refractivity contribution in [3.8, 4) is 0 Å². The lowest BCUT2D eigenvalue weighted by Gasteiger charge is -2.36. The Hall–Kier alpha value is -2.18. The standard InChI is InChI=1S/C18H20FNO4/c19-14-4-1-3-13(11-14)18(6-9-23-10-7-18)17(22)20-12-15(21)16-5-2-8-24-16/h1-5,8,11,15,21H,6-7,9-10,12H2,(H,20,22). The summed E-state index contributed by atoms with van der Waals surface area (Å²) in [6, 6.07) is 9.44. The van der Waals surface area contributed by atoms with Crippen LogP contribution in [0.15, 0.2) is 47.1 Å². The third-order valence-corrected chi connectivity index (χ3v) is 4.49. The molecule has 128 valence electrons. The molecule has 0 saturated carbocycles. The van der Waals surface area contributed by atoms with Gasteiger partial charge in [0.25, 0.3) is 0 Å². The number of hydrogen-bond donors (Lipinski definition) is 2. The molecule has 2 aromatic rings. The first-order valence-corrected chi connectivity index (χ1v) is 7.95. The lowest BCUT2D eigenvalue weighted by molar-refractivity contribution is -0.131. The van der Waals surface area contributed by atoms with Crippen molar-refractivity contribution in [2.24, 2.45) is 0 Å². The van der Waals surface area contributed by atoms with E-state index in [1.54, 1.807) is 24.3 Å². The number of nitrogens with one attached hydrogen (secondary N) is 1. The molecule has 0 radical (unpaired) electrons. The number of carbonyl (C=O) groups is 1. The number of hydrogen-bond acceptors (Lipinski definition) is 4. The van der Waals surface area contributed by atoms with Crippen LogP contribution in [0.5, 0.6) is 0 Å². The Bertz CT molecular complexity index is 680. The van der Waals surface area contributed by atoms with E-state index in [9.17, 15) is 14.3 Å². The first-order valence-electron chi connectivity index (χ1n) is 7.95. The van der Waals surface area contributed by atoms with Crippen molar-refractivity contribution < 1.29 is 23.4 Å². The average molecular weight is 333 g/mol. The van der Waals surface area contributed by atoms with Gasteiger partial charge >= 0.3 is 0 Å². The van der Waals surface area contributed by atoms with Crippen LogP contribution in [0.1, 0.15) is 30.3 Å². The van der Waals surface area contributed by atoms with Crippen molar-refractivity contribution in [1.82, 2.24) is 5.32 Å². The zero-order valence-electron chi connectivity index (χ0n) is 13.2. The number of aliphatic hydroxyl groups excluding tert-OH is 1. The molecule has 24 heavy (non-hydrogen) atoms. The Morgan fingerprint density at radius 3 is 2.75 bits per heavy atom. The van der Waals surface area contributed by atoms with Crippen molar-refractivity contribution in [3.05, 3.63) is 59.8 Å². The van der Waals surface area contributed by atoms with Crippen molar-refractivity contribution in [1.29, 1.82) is 0 Å². The summed E-state index contributed by atoms with van der Waals surface area (Å²) < 4.78 is 24.1. The fourth-order valence-electron chi connectivity index (χ4n) is 3.09. The number of aliphatic hydroxyl groups is 1. The van der Waals surface area contributed by atoms with Gasteiger partial charge in [-0.15, -0.1) is 0 Å². The highest BCUT2D eigenvalue weighted by Crippen LogP contribution is 2.35. The maximum absolute atomic E-state index is 13.6. The molecule has 6 heteroatoms. The summed E-state index contributed by atoms with van der Waals surface area (Å²) in [4.78, 5) is 12.9. The lowest BCUT2D eigenvalue weighted by atomic mass is 9.73. The fraction of sp³-hybridized carbons (Fsp3) is 0.389. The van der Waals surface area contributed by atoms with Gasteiger partial charge < -0.3 is 19.6 Å². The molecular weight excluding hydrogens is 313 g/mol. The Labute approximate surface area is 139 Å². The smallest absolute Gasteiger partial charge is 0.230 e. The molecule has 1 aromatic carbocycles. The molecule has 1 amide bonds. The van der Waals surface area contributed by atoms with Gasteiger partial charge in [0.15, 0.2) is 0 Å². The molecule has 2 N–H and O–H groups in total. The topological polar surface area (TPSA) is 71.7 Å². The number of carbonyl (C=O) groups excluding carboxylic acids is 1. The Balaban J connectivity index is 1.77. The number of rotatable bonds is 5. The van der Waals surface area contributed by atoms with E-state index in [-0.39, 0.29) is 18.3 Å². The van der Waals surface area contributed by atoms with Gasteiger partial charge in [0.1, 0.15) is 17.7 Å². The quantitative estimate of drug-likeness (QED) is 0.881. The third kappa shape index (κ3) is 3.34. The van der Waals surface area contributed by atoms with E-state index in [4.69, 9.17) is 9.15 Å². The van der Waals surface area contributed by atoms with Crippen molar-refractivity contribution in [2.75, 3.05) is 19.8 Å². The minimum atomic E-state index is -0.923. The van der Waals surface area contributed by atoms with E-state index in [2.05, 4.69) is 5.32 Å². The minimum absolute atomic E-state index is 0.0320. The van der Waals surface area contributed by atoms with Gasteiger partial charge in [-0.2, -0.15) is 0 Å². The molecule has 1 aromatic heterocycles. The van der Waals surface area contributed by atoms with Gasteiger partial charge in [-0.25, -0.2) is 4.39 Å². The molecule has 1 unspecified atom stereocenters. The Morgan fingerprint density at radius 1 is 1.29 bits per heavy atom. The first-order chi connectivity index (χ1) is 11.6. The van der Waals surface area contributed by atoms with Gasteiger partial charge in [0, 0.05) is 13.2 Å². The Morgan fingerprint density at radius 2 is 2.08 bits per heavy atom. The van der Waals surface area contributed by atoms with E-state index in [1.807, 2.05) is 0 Å². The van der Waals surface area contributed by atoms with Crippen LogP contribution >= 0.6 is 0 Å². The first kappa shape index (κ1) is 16.7. The molecule has 0 bridgehead atoms. The van der Waals surface area contributed by atoms with Gasteiger partial charge in [0.2, 0.25) is 5.91 Å². The second kappa shape index (κ2) is 7.15. The summed E-state index contributed by atoms with van der Waals surface area (Å²) in [5.74, 6) is -0.217. The van der Waals surface area contributed by atoms with Crippen LogP contribution < -0.4 is 5.32 Å². The molecule has 2 heterocycles. The molecule has 1 aliphatic heterocycles. The maximum Gasteiger partial charge on any atom is 0.230 e. The van der Waals surface area contributed by atoms with E-state index >= 15 is 0 Å². The predicted molar refractivity (Wildman–Crippen MR) is 84.8 cm³/mol. The fourth-order valence-corrected chi connectivity index (χ4v) is 3.09. The van der Waals surface area contributed by atoms with Gasteiger partial charge in [0.05, 0.1) is 18.2 Å². The van der Waals surface area contributed by atoms with E-state index in [0.717, 1.165) is 0 Å². The largest absolute Gasteiger partial charge is 0.467 e. The molecular formula is C18H20FNO4. The number of furan rings is 1. The average Bonchev–Trinajstić information content (AvgIpc) is 3.14. The van der Waals surface area contributed by atoms with Crippen molar-refractivity contribution in [2.45, 2.75) is 24.4 Å². The predicted octanol–water partition coefficient (Wildman–Crippen LogP) is 2.32. The van der Waals surface area contributed by atoms with Crippen LogP contribution in [0.4, 0.5) is 4.39 Å². The van der Waals surface area contributed by atoms with E-state index < -0.39 is 11.5 Å². The molecule has 3 rings (SSSR count). The van der Waals surface area contributed by atoms with Crippen molar-refractivity contribution >= 4 is 5.91 Å². The number of ether oxygens (including phenoxy) is 1. The molecule has 0 spiro atoms. The van der Waals surface area contributed by atoms with E-state index in [0.29, 0.717) is 37.4 Å². The normalized spacial score (nSPS) is 18.1. The van der Waals surface area contributed by atoms with Gasteiger partial charge in [-0.3, -0.25) is 4.79 Å². The molecule has 1 atom stereocenters. The minimum Gasteiger partial charge on any atom is -0.467 e. The van der Waals surface area contributed by atoms with Crippen LogP contribution in [0.25, 0.3) is 0 Å². The van der Waals surface area contributed by atoms with Crippen molar-refractivity contribution in [3.63, 3.8) is 0 Å². The number of halogens is 1. The van der Waals surface area contributed by atoms with Gasteiger partial charge in [-0.05, 0) is 42.7 Å². The van der Waals surface area contributed by atoms with Crippen LogP contribution in [0, 0.1) is 5.82 Å². The summed E-state index contributed by atoms with van der Waals surface area (Å²) in [7, 11) is 0. The Kier molecular flexibility index (Phi) is 4.97. The molecule has 1 aliphatic rings. The van der Waals surface area contributed by atoms with Crippen LogP contribution in [-0.4, -0.2) is 30.8 Å². The lowest BCUT2D eigenvalue weighted by Crippen LogP contribution is -2.49. The highest BCUT2D eigenvalue weighted by atomic mass is 19.1. The number of benzene rings is 1. The SMILES string of the molecule is O=C(NCC(O)c1ccco1)C1(c2cccc(F)c2)CCOCC1. The molecule has 5 nitrogen and oxygen atoms in total. The summed E-state index contributed by atoms with van der Waals surface area (Å²) >= 11 is 0. The second-order valence-electron chi connectivity index (χ2n) is 5.95. The molecule has 1 saturated heterocycles. The maximum atomic E-state index is 13.6. The second-order valence-corrected chi connectivity index (χ2v) is 5.95. The monoisotopic (exact) mass is 333 g/mol. The van der Waals surface area contributed by atoms with Crippen LogP contribution in [0.3, 0.4) is 0 Å². The summed E-state index contributed by atoms with van der Waals surface area (Å²) in [6.07, 6.45) is 1.49. The highest BCUT2D eigenvalue weighted by molar-refractivity contribution is 5.88. The molecule has 0 aliphatic carbocycles. The third-order valence-electron chi connectivity index (χ3n) is 4.49. The zero-order chi connectivity index (χ0) is 17.0. The molecule has 1 fully saturated rings. The summed E-state index contributed by atoms with van der Waals surface area (Å²) in [5, 5.41) is 12.8.